The van der Waals surface area contributed by atoms with Crippen LogP contribution in [0.25, 0.3) is 0 Å². The number of carbonyl (C=O) groups is 1. The van der Waals surface area contributed by atoms with Crippen LogP contribution in [0.15, 0.2) is 18.2 Å². The van der Waals surface area contributed by atoms with Crippen LogP contribution in [0.5, 0.6) is 0 Å². The number of carbonyl (C=O) groups excluding carboxylic acids is 1. The molecule has 0 aromatic heterocycles. The predicted molar refractivity (Wildman–Crippen MR) is 58.6 cm³/mol. The van der Waals surface area contributed by atoms with Gasteiger partial charge in [-0.05, 0) is 31.5 Å². The fourth-order valence-electron chi connectivity index (χ4n) is 1.49. The molecule has 2 N–H and O–H groups in total. The maximum atomic E-state index is 12.8. The Hall–Kier alpha value is -1.43. The Morgan fingerprint density at radius 3 is 2.50 bits per heavy atom. The molecule has 2 nitrogen and oxygen atoms in total. The summed E-state index contributed by atoms with van der Waals surface area (Å²) in [6, 6.07) is 1.76. The molecule has 0 heterocycles. The Balaban J connectivity index is 3.05. The van der Waals surface area contributed by atoms with Gasteiger partial charge in [0.15, 0.2) is 5.78 Å². The predicted octanol–water partition coefficient (Wildman–Crippen LogP) is 3.15. The smallest absolute Gasteiger partial charge is 0.328 e. The first-order chi connectivity index (χ1) is 8.21. The van der Waals surface area contributed by atoms with E-state index >= 15 is 0 Å². The fraction of sp³-hybridized carbons (Fsp3) is 0.417. The minimum Gasteiger partial charge on any atom is -0.328 e. The SMILES string of the molecule is CC(N)CCC(=O)c1ccc(F)cc1C(F)(F)F. The maximum Gasteiger partial charge on any atom is 0.417 e. The molecular formula is C12H13F4NO. The first-order valence-corrected chi connectivity index (χ1v) is 5.37. The van der Waals surface area contributed by atoms with Crippen molar-refractivity contribution < 1.29 is 22.4 Å². The summed E-state index contributed by atoms with van der Waals surface area (Å²) in [7, 11) is 0. The van der Waals surface area contributed by atoms with Crippen molar-refractivity contribution >= 4 is 5.78 Å². The topological polar surface area (TPSA) is 43.1 Å². The van der Waals surface area contributed by atoms with Crippen LogP contribution in [0.1, 0.15) is 35.7 Å². The van der Waals surface area contributed by atoms with Crippen molar-refractivity contribution in [1.29, 1.82) is 0 Å². The van der Waals surface area contributed by atoms with Crippen LogP contribution in [0.4, 0.5) is 17.6 Å². The number of benzene rings is 1. The number of nitrogens with two attached hydrogens (primary N) is 1. The van der Waals surface area contributed by atoms with Crippen LogP contribution in [0.2, 0.25) is 0 Å². The molecule has 1 rings (SSSR count). The van der Waals surface area contributed by atoms with Gasteiger partial charge in [-0.1, -0.05) is 0 Å². The van der Waals surface area contributed by atoms with Gasteiger partial charge < -0.3 is 5.73 Å². The van der Waals surface area contributed by atoms with Gasteiger partial charge in [0.05, 0.1) is 5.56 Å². The number of hydrogen-bond acceptors (Lipinski definition) is 2. The number of ketones is 1. The average Bonchev–Trinajstić information content (AvgIpc) is 2.24. The molecule has 0 aliphatic carbocycles. The third kappa shape index (κ3) is 3.80. The molecular weight excluding hydrogens is 250 g/mol. The summed E-state index contributed by atoms with van der Waals surface area (Å²) in [5, 5.41) is 0. The van der Waals surface area contributed by atoms with E-state index in [1.54, 1.807) is 6.92 Å². The van der Waals surface area contributed by atoms with E-state index in [0.29, 0.717) is 6.07 Å². The summed E-state index contributed by atoms with van der Waals surface area (Å²) in [6.07, 6.45) is -4.55. The van der Waals surface area contributed by atoms with Crippen molar-refractivity contribution in [3.63, 3.8) is 0 Å². The van der Waals surface area contributed by atoms with Crippen LogP contribution < -0.4 is 5.73 Å². The van der Waals surface area contributed by atoms with E-state index in [1.165, 1.54) is 0 Å². The Kier molecular flexibility index (Phi) is 4.45. The quantitative estimate of drug-likeness (QED) is 0.669. The van der Waals surface area contributed by atoms with Gasteiger partial charge in [0, 0.05) is 18.0 Å². The van der Waals surface area contributed by atoms with Crippen LogP contribution >= 0.6 is 0 Å². The zero-order chi connectivity index (χ0) is 13.9. The lowest BCUT2D eigenvalue weighted by molar-refractivity contribution is -0.138. The molecule has 0 saturated carbocycles. The van der Waals surface area contributed by atoms with Gasteiger partial charge in [-0.3, -0.25) is 4.79 Å². The largest absolute Gasteiger partial charge is 0.417 e. The molecule has 1 atom stereocenters. The van der Waals surface area contributed by atoms with Crippen molar-refractivity contribution in [3.05, 3.63) is 35.1 Å². The highest BCUT2D eigenvalue weighted by molar-refractivity contribution is 5.97. The number of halogens is 4. The van der Waals surface area contributed by atoms with E-state index in [9.17, 15) is 22.4 Å². The molecule has 0 spiro atoms. The van der Waals surface area contributed by atoms with Gasteiger partial charge in [0.1, 0.15) is 5.82 Å². The Labute approximate surface area is 102 Å². The summed E-state index contributed by atoms with van der Waals surface area (Å²) in [5.41, 5.74) is 3.68. The Bertz CT molecular complexity index is 440. The zero-order valence-electron chi connectivity index (χ0n) is 9.72. The Morgan fingerprint density at radius 1 is 1.39 bits per heavy atom. The lowest BCUT2D eigenvalue weighted by Gasteiger charge is -2.12. The van der Waals surface area contributed by atoms with E-state index in [-0.39, 0.29) is 18.9 Å². The molecule has 0 saturated heterocycles. The van der Waals surface area contributed by atoms with Crippen molar-refractivity contribution in [2.45, 2.75) is 32.0 Å². The van der Waals surface area contributed by atoms with E-state index in [1.807, 2.05) is 0 Å². The highest BCUT2D eigenvalue weighted by Gasteiger charge is 2.35. The average molecular weight is 263 g/mol. The molecule has 0 fully saturated rings. The molecule has 1 aromatic carbocycles. The minimum atomic E-state index is -4.75. The van der Waals surface area contributed by atoms with Crippen molar-refractivity contribution in [1.82, 2.24) is 0 Å². The van der Waals surface area contributed by atoms with Crippen LogP contribution in [0, 0.1) is 5.82 Å². The summed E-state index contributed by atoms with van der Waals surface area (Å²) in [6.45, 7) is 1.66. The van der Waals surface area contributed by atoms with Gasteiger partial charge in [0.25, 0.3) is 0 Å². The van der Waals surface area contributed by atoms with Gasteiger partial charge in [0.2, 0.25) is 0 Å². The van der Waals surface area contributed by atoms with E-state index in [0.717, 1.165) is 12.1 Å². The molecule has 1 aromatic rings. The fourth-order valence-corrected chi connectivity index (χ4v) is 1.49. The second-order valence-corrected chi connectivity index (χ2v) is 4.13. The molecule has 0 amide bonds. The first-order valence-electron chi connectivity index (χ1n) is 5.37. The van der Waals surface area contributed by atoms with Crippen molar-refractivity contribution in [2.24, 2.45) is 5.73 Å². The highest BCUT2D eigenvalue weighted by Crippen LogP contribution is 2.33. The van der Waals surface area contributed by atoms with E-state index < -0.39 is 28.9 Å². The highest BCUT2D eigenvalue weighted by atomic mass is 19.4. The van der Waals surface area contributed by atoms with Gasteiger partial charge in [-0.15, -0.1) is 0 Å². The molecule has 0 aliphatic heterocycles. The second-order valence-electron chi connectivity index (χ2n) is 4.13. The normalized spacial score (nSPS) is 13.4. The first kappa shape index (κ1) is 14.6. The minimum absolute atomic E-state index is 0.0909. The van der Waals surface area contributed by atoms with Crippen LogP contribution in [-0.4, -0.2) is 11.8 Å². The van der Waals surface area contributed by atoms with Crippen LogP contribution in [0.3, 0.4) is 0 Å². The van der Waals surface area contributed by atoms with Gasteiger partial charge >= 0.3 is 6.18 Å². The third-order valence-electron chi connectivity index (χ3n) is 2.41. The number of alkyl halides is 3. The standard InChI is InChI=1S/C12H13F4NO/c1-7(17)2-5-11(18)9-4-3-8(13)6-10(9)12(14,15)16/h3-4,6-7H,2,5,17H2,1H3. The second kappa shape index (κ2) is 5.48. The zero-order valence-corrected chi connectivity index (χ0v) is 9.72. The number of hydrogen-bond donors (Lipinski definition) is 1. The Morgan fingerprint density at radius 2 is 2.00 bits per heavy atom. The van der Waals surface area contributed by atoms with Crippen molar-refractivity contribution in [3.8, 4) is 0 Å². The number of rotatable bonds is 4. The van der Waals surface area contributed by atoms with Gasteiger partial charge in [-0.25, -0.2) is 4.39 Å². The summed E-state index contributed by atoms with van der Waals surface area (Å²) >= 11 is 0. The lowest BCUT2D eigenvalue weighted by Crippen LogP contribution is -2.18. The monoisotopic (exact) mass is 263 g/mol. The van der Waals surface area contributed by atoms with Gasteiger partial charge in [-0.2, -0.15) is 13.2 Å². The third-order valence-corrected chi connectivity index (χ3v) is 2.41. The summed E-state index contributed by atoms with van der Waals surface area (Å²) < 4.78 is 50.8. The molecule has 0 bridgehead atoms. The number of Topliss-reactive ketones (excluding diaryl/α,β-unsaturated/α-hetero) is 1. The summed E-state index contributed by atoms with van der Waals surface area (Å²) in [4.78, 5) is 11.6. The molecule has 18 heavy (non-hydrogen) atoms. The molecule has 0 aliphatic rings. The lowest BCUT2D eigenvalue weighted by atomic mass is 9.99. The molecule has 100 valence electrons. The molecule has 6 heteroatoms. The molecule has 0 radical (unpaired) electrons. The summed E-state index contributed by atoms with van der Waals surface area (Å²) in [5.74, 6) is -1.70. The van der Waals surface area contributed by atoms with Crippen LogP contribution in [-0.2, 0) is 6.18 Å². The van der Waals surface area contributed by atoms with E-state index in [4.69, 9.17) is 5.73 Å². The maximum absolute atomic E-state index is 12.8. The molecule has 1 unspecified atom stereocenters. The van der Waals surface area contributed by atoms with E-state index in [2.05, 4.69) is 0 Å². The van der Waals surface area contributed by atoms with Crippen molar-refractivity contribution in [2.75, 3.05) is 0 Å².